The van der Waals surface area contributed by atoms with Crippen molar-refractivity contribution < 1.29 is 9.53 Å². The average molecular weight is 470 g/mol. The largest absolute Gasteiger partial charge is 0.456 e. The first-order valence-electron chi connectivity index (χ1n) is 12.1. The summed E-state index contributed by atoms with van der Waals surface area (Å²) in [4.78, 5) is 21.8. The highest BCUT2D eigenvalue weighted by Gasteiger charge is 2.34. The van der Waals surface area contributed by atoms with Gasteiger partial charge in [0.15, 0.2) is 0 Å². The van der Waals surface area contributed by atoms with Crippen LogP contribution in [0.1, 0.15) is 41.4 Å². The Kier molecular flexibility index (Phi) is 6.26. The van der Waals surface area contributed by atoms with Crippen LogP contribution < -0.4 is 10.1 Å². The van der Waals surface area contributed by atoms with Crippen molar-refractivity contribution in [3.63, 3.8) is 0 Å². The maximum Gasteiger partial charge on any atom is 0.254 e. The molecule has 2 aliphatic rings. The number of ether oxygens (including phenoxy) is 1. The minimum atomic E-state index is 0.162. The van der Waals surface area contributed by atoms with Gasteiger partial charge in [-0.1, -0.05) is 18.2 Å². The molecule has 0 atom stereocenters. The Morgan fingerprint density at radius 3 is 2.60 bits per heavy atom. The second-order valence-corrected chi connectivity index (χ2v) is 9.41. The van der Waals surface area contributed by atoms with Crippen LogP contribution in [-0.2, 0) is 6.54 Å². The first kappa shape index (κ1) is 23.1. The Morgan fingerprint density at radius 1 is 1.09 bits per heavy atom. The van der Waals surface area contributed by atoms with Gasteiger partial charge in [-0.3, -0.25) is 4.79 Å². The Hall–Kier alpha value is -3.71. The number of hydrogen-bond acceptors (Lipinski definition) is 6. The number of piperidine rings is 1. The summed E-state index contributed by atoms with van der Waals surface area (Å²) < 4.78 is 6.09. The molecule has 1 saturated heterocycles. The van der Waals surface area contributed by atoms with Crippen molar-refractivity contribution in [3.8, 4) is 22.6 Å². The molecule has 7 nitrogen and oxygen atoms in total. The van der Waals surface area contributed by atoms with Gasteiger partial charge < -0.3 is 25.3 Å². The van der Waals surface area contributed by atoms with Crippen LogP contribution in [0.25, 0.3) is 11.1 Å². The lowest BCUT2D eigenvalue weighted by atomic mass is 10.0. The molecule has 1 aromatic heterocycles. The monoisotopic (exact) mass is 469 g/mol. The summed E-state index contributed by atoms with van der Waals surface area (Å²) in [5, 5.41) is 10.9. The zero-order valence-electron chi connectivity index (χ0n) is 20.5. The number of nitrogens with one attached hydrogen (secondary N) is 2. The van der Waals surface area contributed by atoms with E-state index in [4.69, 9.17) is 10.1 Å². The van der Waals surface area contributed by atoms with Gasteiger partial charge >= 0.3 is 0 Å². The summed E-state index contributed by atoms with van der Waals surface area (Å²) in [5.74, 6) is 1.47. The number of hydrogen-bond donors (Lipinski definition) is 2. The topological polar surface area (TPSA) is 81.6 Å². The normalized spacial score (nSPS) is 16.3. The highest BCUT2D eigenvalue weighted by atomic mass is 16.5. The van der Waals surface area contributed by atoms with E-state index in [1.54, 1.807) is 20.2 Å². The van der Waals surface area contributed by atoms with Gasteiger partial charge in [0, 0.05) is 31.3 Å². The van der Waals surface area contributed by atoms with E-state index in [-0.39, 0.29) is 5.91 Å². The quantitative estimate of drug-likeness (QED) is 0.496. The van der Waals surface area contributed by atoms with E-state index in [9.17, 15) is 4.79 Å². The maximum absolute atomic E-state index is 13.1. The molecule has 180 valence electrons. The summed E-state index contributed by atoms with van der Waals surface area (Å²) >= 11 is 0. The molecule has 0 spiro atoms. The number of benzene rings is 2. The number of pyridine rings is 1. The fraction of sp³-hybridized carbons (Fsp3) is 0.321. The second kappa shape index (κ2) is 9.50. The number of rotatable bonds is 6. The number of aromatic nitrogens is 1. The number of fused-ring (bicyclic) bond motifs is 1. The van der Waals surface area contributed by atoms with Gasteiger partial charge in [0.05, 0.1) is 17.6 Å². The number of carbonyl (C=O) groups is 1. The Balaban J connectivity index is 1.35. The van der Waals surface area contributed by atoms with Gasteiger partial charge in [-0.05, 0) is 80.9 Å². The summed E-state index contributed by atoms with van der Waals surface area (Å²) in [6.45, 7) is 4.48. The molecule has 0 radical (unpaired) electrons. The molecule has 2 N–H and O–H groups in total. The molecule has 0 aliphatic carbocycles. The van der Waals surface area contributed by atoms with Crippen molar-refractivity contribution in [2.75, 3.05) is 32.5 Å². The van der Waals surface area contributed by atoms with Crippen LogP contribution in [0.15, 0.2) is 54.7 Å². The van der Waals surface area contributed by atoms with Crippen LogP contribution in [0, 0.1) is 5.41 Å². The van der Waals surface area contributed by atoms with Crippen molar-refractivity contribution in [1.29, 1.82) is 5.41 Å². The Bertz CT molecular complexity index is 1280. The van der Waals surface area contributed by atoms with Crippen LogP contribution >= 0.6 is 0 Å². The number of nitrogens with zero attached hydrogens (tertiary/aromatic N) is 3. The molecule has 3 heterocycles. The zero-order chi connectivity index (χ0) is 24.5. The third-order valence-corrected chi connectivity index (χ3v) is 6.96. The standard InChI is InChI=1S/C28H31N5O2/c1-18(29)27-26(30-2)15-24(16-31-27)35-23-6-4-5-19(14-23)20-7-8-25-21(13-20)17-33(28(25)34)22-9-11-32(3)12-10-22/h4-8,13-16,22,29-30H,9-12,17H2,1-3H3. The molecular formula is C28H31N5O2. The Labute approximate surface area is 206 Å². The summed E-state index contributed by atoms with van der Waals surface area (Å²) in [6, 6.07) is 16.3. The first-order chi connectivity index (χ1) is 16.9. The predicted octanol–water partition coefficient (Wildman–Crippen LogP) is 5.02. The van der Waals surface area contributed by atoms with Crippen LogP contribution in [0.3, 0.4) is 0 Å². The van der Waals surface area contributed by atoms with Crippen LogP contribution in [-0.4, -0.2) is 59.6 Å². The smallest absolute Gasteiger partial charge is 0.254 e. The molecular weight excluding hydrogens is 438 g/mol. The van der Waals surface area contributed by atoms with Gasteiger partial charge in [-0.15, -0.1) is 0 Å². The van der Waals surface area contributed by atoms with Crippen molar-refractivity contribution >= 4 is 17.3 Å². The summed E-state index contributed by atoms with van der Waals surface area (Å²) in [7, 11) is 3.95. The third-order valence-electron chi connectivity index (χ3n) is 6.96. The van der Waals surface area contributed by atoms with Gasteiger partial charge in [-0.2, -0.15) is 0 Å². The molecule has 5 rings (SSSR count). The van der Waals surface area contributed by atoms with Gasteiger partial charge in [0.2, 0.25) is 0 Å². The van der Waals surface area contributed by atoms with E-state index in [2.05, 4.69) is 39.3 Å². The summed E-state index contributed by atoms with van der Waals surface area (Å²) in [6.07, 6.45) is 3.71. The lowest BCUT2D eigenvalue weighted by Gasteiger charge is -2.34. The zero-order valence-corrected chi connectivity index (χ0v) is 20.5. The molecule has 0 bridgehead atoms. The minimum Gasteiger partial charge on any atom is -0.456 e. The lowest BCUT2D eigenvalue weighted by molar-refractivity contribution is 0.0617. The van der Waals surface area contributed by atoms with Crippen LogP contribution in [0.4, 0.5) is 5.69 Å². The molecule has 3 aromatic rings. The van der Waals surface area contributed by atoms with Crippen LogP contribution in [0.2, 0.25) is 0 Å². The molecule has 35 heavy (non-hydrogen) atoms. The van der Waals surface area contributed by atoms with E-state index >= 15 is 0 Å². The maximum atomic E-state index is 13.1. The highest BCUT2D eigenvalue weighted by Crippen LogP contribution is 2.34. The van der Waals surface area contributed by atoms with Crippen LogP contribution in [0.5, 0.6) is 11.5 Å². The molecule has 1 amide bonds. The van der Waals surface area contributed by atoms with E-state index in [0.29, 0.717) is 35.5 Å². The number of amides is 1. The average Bonchev–Trinajstić information content (AvgIpc) is 3.20. The van der Waals surface area contributed by atoms with E-state index in [1.165, 1.54) is 0 Å². The molecule has 0 saturated carbocycles. The van der Waals surface area contributed by atoms with Crippen molar-refractivity contribution in [2.45, 2.75) is 32.4 Å². The minimum absolute atomic E-state index is 0.162. The van der Waals surface area contributed by atoms with E-state index < -0.39 is 0 Å². The fourth-order valence-corrected chi connectivity index (χ4v) is 4.99. The van der Waals surface area contributed by atoms with Gasteiger partial charge in [-0.25, -0.2) is 4.98 Å². The molecule has 7 heteroatoms. The number of carbonyl (C=O) groups excluding carboxylic acids is 1. The Morgan fingerprint density at radius 2 is 1.86 bits per heavy atom. The number of anilines is 1. The fourth-order valence-electron chi connectivity index (χ4n) is 4.99. The summed E-state index contributed by atoms with van der Waals surface area (Å²) in [5.41, 5.74) is 5.78. The van der Waals surface area contributed by atoms with E-state index in [0.717, 1.165) is 53.9 Å². The van der Waals surface area contributed by atoms with E-state index in [1.807, 2.05) is 36.4 Å². The van der Waals surface area contributed by atoms with Crippen molar-refractivity contribution in [1.82, 2.24) is 14.8 Å². The highest BCUT2D eigenvalue weighted by molar-refractivity contribution is 6.00. The third kappa shape index (κ3) is 4.64. The van der Waals surface area contributed by atoms with Crippen molar-refractivity contribution in [2.24, 2.45) is 0 Å². The van der Waals surface area contributed by atoms with Gasteiger partial charge in [0.1, 0.15) is 17.2 Å². The molecule has 2 aliphatic heterocycles. The molecule has 1 fully saturated rings. The van der Waals surface area contributed by atoms with Gasteiger partial charge in [0.25, 0.3) is 5.91 Å². The first-order valence-corrected chi connectivity index (χ1v) is 12.1. The number of likely N-dealkylation sites (tertiary alicyclic amines) is 1. The molecule has 2 aromatic carbocycles. The molecule has 0 unspecified atom stereocenters. The lowest BCUT2D eigenvalue weighted by Crippen LogP contribution is -2.43. The second-order valence-electron chi connectivity index (χ2n) is 9.41. The van der Waals surface area contributed by atoms with Crippen molar-refractivity contribution in [3.05, 3.63) is 71.5 Å². The SMILES string of the molecule is CNc1cc(Oc2cccc(-c3ccc4c(c3)CN(C3CCN(C)CC3)C4=O)c2)cnc1C(C)=N. The predicted molar refractivity (Wildman–Crippen MR) is 139 cm³/mol.